The Labute approximate surface area is 246 Å². The fraction of sp³-hybridized carbons (Fsp3) is 0.118. The smallest absolute Gasteiger partial charge is 0.335 e. The summed E-state index contributed by atoms with van der Waals surface area (Å²) in [5, 5.41) is 0.481. The first kappa shape index (κ1) is 25.9. The number of carbonyl (C=O) groups excluding carboxylic acids is 4. The second-order valence-electron chi connectivity index (χ2n) is 10.4. The van der Waals surface area contributed by atoms with Crippen LogP contribution in [0.5, 0.6) is 5.75 Å². The fourth-order valence-corrected chi connectivity index (χ4v) is 6.36. The van der Waals surface area contributed by atoms with Crippen molar-refractivity contribution in [2.24, 2.45) is 11.8 Å². The van der Waals surface area contributed by atoms with Gasteiger partial charge in [0.1, 0.15) is 11.8 Å². The molecule has 0 radical (unpaired) electrons. The number of ether oxygens (including phenoxy) is 1. The highest BCUT2D eigenvalue weighted by atomic mass is 35.5. The maximum atomic E-state index is 13.9. The number of hydrogen-bond donors (Lipinski definition) is 0. The largest absolute Gasteiger partial charge is 0.425 e. The van der Waals surface area contributed by atoms with Gasteiger partial charge in [0.2, 0.25) is 11.8 Å². The molecule has 3 aliphatic rings. The lowest BCUT2D eigenvalue weighted by Gasteiger charge is -2.36. The second-order valence-corrected chi connectivity index (χ2v) is 10.9. The summed E-state index contributed by atoms with van der Waals surface area (Å²) in [6.07, 6.45) is 3.81. The highest BCUT2D eigenvalue weighted by molar-refractivity contribution is 6.31. The minimum Gasteiger partial charge on any atom is -0.425 e. The first-order chi connectivity index (χ1) is 20.4. The van der Waals surface area contributed by atoms with Crippen LogP contribution in [0.15, 0.2) is 109 Å². The lowest BCUT2D eigenvalue weighted by Crippen LogP contribution is -2.50. The van der Waals surface area contributed by atoms with E-state index in [1.54, 1.807) is 72.8 Å². The summed E-state index contributed by atoms with van der Waals surface area (Å²) in [6.45, 7) is 0. The van der Waals surface area contributed by atoms with Gasteiger partial charge in [-0.25, -0.2) is 9.69 Å². The van der Waals surface area contributed by atoms with Gasteiger partial charge in [-0.3, -0.25) is 14.4 Å². The maximum absolute atomic E-state index is 13.9. The lowest BCUT2D eigenvalue weighted by molar-refractivity contribution is -0.139. The lowest BCUT2D eigenvalue weighted by atomic mass is 9.89. The third-order valence-corrected chi connectivity index (χ3v) is 8.36. The van der Waals surface area contributed by atoms with Crippen molar-refractivity contribution < 1.29 is 23.9 Å². The van der Waals surface area contributed by atoms with Crippen LogP contribution in [-0.2, 0) is 14.4 Å². The molecule has 4 aromatic rings. The third-order valence-electron chi connectivity index (χ3n) is 8.11. The minimum absolute atomic E-state index is 0.149. The van der Waals surface area contributed by atoms with Gasteiger partial charge in [-0.2, -0.15) is 0 Å². The predicted molar refractivity (Wildman–Crippen MR) is 158 cm³/mol. The number of anilines is 2. The number of amides is 2. The van der Waals surface area contributed by atoms with Crippen LogP contribution >= 0.6 is 11.6 Å². The molecule has 4 aromatic carbocycles. The Morgan fingerprint density at radius 3 is 2.10 bits per heavy atom. The molecule has 0 N–H and O–H groups in total. The van der Waals surface area contributed by atoms with Crippen molar-refractivity contribution >= 4 is 52.6 Å². The molecule has 0 bridgehead atoms. The van der Waals surface area contributed by atoms with Crippen LogP contribution in [0.2, 0.25) is 5.02 Å². The van der Waals surface area contributed by atoms with Crippen LogP contribution in [0.3, 0.4) is 0 Å². The van der Waals surface area contributed by atoms with E-state index >= 15 is 0 Å². The highest BCUT2D eigenvalue weighted by Crippen LogP contribution is 2.49. The highest BCUT2D eigenvalue weighted by Gasteiger charge is 2.65. The summed E-state index contributed by atoms with van der Waals surface area (Å²) < 4.78 is 5.84. The summed E-state index contributed by atoms with van der Waals surface area (Å²) in [7, 11) is 0. The van der Waals surface area contributed by atoms with Gasteiger partial charge in [-0.15, -0.1) is 0 Å². The van der Waals surface area contributed by atoms with Crippen molar-refractivity contribution in [2.45, 2.75) is 12.1 Å². The molecule has 42 heavy (non-hydrogen) atoms. The Balaban J connectivity index is 1.22. The van der Waals surface area contributed by atoms with Gasteiger partial charge in [0, 0.05) is 21.8 Å². The average Bonchev–Trinajstić information content (AvgIpc) is 3.50. The molecule has 0 saturated carbocycles. The van der Waals surface area contributed by atoms with Crippen LogP contribution in [0, 0.1) is 11.8 Å². The van der Waals surface area contributed by atoms with Gasteiger partial charge >= 0.3 is 5.97 Å². The molecule has 8 heteroatoms. The monoisotopic (exact) mass is 574 g/mol. The molecule has 0 unspecified atom stereocenters. The van der Waals surface area contributed by atoms with Crippen LogP contribution in [-0.4, -0.2) is 35.7 Å². The van der Waals surface area contributed by atoms with E-state index in [2.05, 4.69) is 0 Å². The van der Waals surface area contributed by atoms with Gasteiger partial charge in [0.25, 0.3) is 0 Å². The zero-order chi connectivity index (χ0) is 29.0. The zero-order valence-electron chi connectivity index (χ0n) is 22.1. The molecule has 3 aliphatic heterocycles. The normalized spacial score (nSPS) is 22.0. The molecule has 3 heterocycles. The molecule has 0 spiro atoms. The number of nitrogens with zero attached hydrogens (tertiary/aromatic N) is 2. The van der Waals surface area contributed by atoms with Crippen LogP contribution in [0.4, 0.5) is 11.4 Å². The minimum atomic E-state index is -1.05. The maximum Gasteiger partial charge on any atom is 0.335 e. The molecule has 2 fully saturated rings. The number of esters is 1. The van der Waals surface area contributed by atoms with Crippen molar-refractivity contribution in [3.8, 4) is 5.75 Å². The Morgan fingerprint density at radius 1 is 0.714 bits per heavy atom. The van der Waals surface area contributed by atoms with Crippen LogP contribution < -0.4 is 14.5 Å². The molecule has 2 saturated heterocycles. The first-order valence-electron chi connectivity index (χ1n) is 13.5. The molecule has 2 amide bonds. The molecule has 7 nitrogen and oxygen atoms in total. The van der Waals surface area contributed by atoms with Gasteiger partial charge in [0.05, 0.1) is 23.6 Å². The van der Waals surface area contributed by atoms with E-state index in [4.69, 9.17) is 16.3 Å². The second kappa shape index (κ2) is 10.1. The van der Waals surface area contributed by atoms with Crippen molar-refractivity contribution in [3.63, 3.8) is 0 Å². The Hall–Kier alpha value is -5.01. The predicted octanol–water partition coefficient (Wildman–Crippen LogP) is 5.57. The fourth-order valence-electron chi connectivity index (χ4n) is 6.24. The van der Waals surface area contributed by atoms with E-state index in [1.807, 2.05) is 47.4 Å². The molecule has 4 atom stereocenters. The number of rotatable bonds is 5. The summed E-state index contributed by atoms with van der Waals surface area (Å²) in [5.41, 5.74) is 3.04. The molecule has 7 rings (SSSR count). The van der Waals surface area contributed by atoms with Crippen molar-refractivity contribution in [3.05, 3.63) is 131 Å². The number of halogens is 1. The SMILES string of the molecule is O=C(c1ccccc1)c1ccc(OC(=O)[C@H]2[C@H]3C(=O)N(c4ccc(Cl)cc4)C(=O)[C@@H]3[C@H]3C=Cc4ccccc4N32)cc1. The zero-order valence-corrected chi connectivity index (χ0v) is 22.8. The van der Waals surface area contributed by atoms with Crippen LogP contribution in [0.1, 0.15) is 21.5 Å². The van der Waals surface area contributed by atoms with E-state index in [0.29, 0.717) is 21.8 Å². The van der Waals surface area contributed by atoms with Gasteiger partial charge < -0.3 is 9.64 Å². The summed E-state index contributed by atoms with van der Waals surface area (Å²) in [4.78, 5) is 57.5. The van der Waals surface area contributed by atoms with Gasteiger partial charge in [0.15, 0.2) is 5.78 Å². The summed E-state index contributed by atoms with van der Waals surface area (Å²) in [6, 6.07) is 27.7. The van der Waals surface area contributed by atoms with E-state index in [0.717, 1.165) is 16.2 Å². The van der Waals surface area contributed by atoms with Crippen molar-refractivity contribution in [2.75, 3.05) is 9.80 Å². The van der Waals surface area contributed by atoms with Crippen molar-refractivity contribution in [1.82, 2.24) is 0 Å². The Kier molecular flexibility index (Phi) is 6.25. The van der Waals surface area contributed by atoms with E-state index in [9.17, 15) is 19.2 Å². The molecular weight excluding hydrogens is 552 g/mol. The number of para-hydroxylation sites is 1. The number of hydrogen-bond acceptors (Lipinski definition) is 6. The number of fused-ring (bicyclic) bond motifs is 5. The molecule has 206 valence electrons. The third kappa shape index (κ3) is 4.13. The number of benzene rings is 4. The average molecular weight is 575 g/mol. The standard InChI is InChI=1S/C34H23ClN2O5/c35-23-13-15-24(16-14-23)36-32(39)28-27-19-12-20-6-4-5-9-26(20)37(27)30(29(28)33(36)40)34(41)42-25-17-10-22(11-18-25)31(38)21-7-2-1-3-8-21/h1-19,27-30H/t27-,28-,29+,30-/m1/s1. The Bertz CT molecular complexity index is 1770. The van der Waals surface area contributed by atoms with Gasteiger partial charge in [-0.1, -0.05) is 72.3 Å². The molecule has 0 aromatic heterocycles. The number of imide groups is 1. The van der Waals surface area contributed by atoms with Crippen molar-refractivity contribution in [1.29, 1.82) is 0 Å². The molecule has 0 aliphatic carbocycles. The first-order valence-corrected chi connectivity index (χ1v) is 13.9. The quantitative estimate of drug-likeness (QED) is 0.134. The van der Waals surface area contributed by atoms with Crippen LogP contribution in [0.25, 0.3) is 6.08 Å². The number of carbonyl (C=O) groups is 4. The topological polar surface area (TPSA) is 84.0 Å². The Morgan fingerprint density at radius 2 is 1.36 bits per heavy atom. The van der Waals surface area contributed by atoms with E-state index in [1.165, 1.54) is 0 Å². The van der Waals surface area contributed by atoms with E-state index < -0.39 is 35.8 Å². The number of ketones is 1. The van der Waals surface area contributed by atoms with Gasteiger partial charge in [-0.05, 0) is 60.2 Å². The molecular formula is C34H23ClN2O5. The summed E-state index contributed by atoms with van der Waals surface area (Å²) in [5.74, 6) is -3.13. The summed E-state index contributed by atoms with van der Waals surface area (Å²) >= 11 is 6.04. The van der Waals surface area contributed by atoms with E-state index in [-0.39, 0.29) is 17.4 Å².